The molecule has 1 rings (SSSR count). The van der Waals surface area contributed by atoms with Crippen LogP contribution in [-0.2, 0) is 4.79 Å². The number of hydrazone groups is 1. The van der Waals surface area contributed by atoms with Crippen molar-refractivity contribution in [2.24, 2.45) is 10.3 Å². The van der Waals surface area contributed by atoms with Crippen LogP contribution in [0.15, 0.2) is 34.5 Å². The van der Waals surface area contributed by atoms with Crippen molar-refractivity contribution in [3.05, 3.63) is 24.3 Å². The molecule has 0 aliphatic rings. The number of hydrogen-bond acceptors (Lipinski definition) is 6. The first-order valence-electron chi connectivity index (χ1n) is 4.92. The minimum Gasteiger partial charge on any atom is -0.476 e. The first-order chi connectivity index (χ1) is 9.31. The number of nitrogens with one attached hydrogen (secondary N) is 1. The molecular formula is C10H8F3N3O4. The number of carboxylic acids is 1. The van der Waals surface area contributed by atoms with Crippen molar-refractivity contribution in [3.8, 4) is 5.75 Å². The number of benzene rings is 1. The monoisotopic (exact) mass is 291 g/mol. The molecule has 7 nitrogen and oxygen atoms in total. The number of ether oxygens (including phenoxy) is 1. The topological polar surface area (TPSA) is 104 Å². The van der Waals surface area contributed by atoms with Crippen LogP contribution in [0, 0.1) is 0 Å². The fourth-order valence-electron chi connectivity index (χ4n) is 1.04. The molecule has 10 heteroatoms. The van der Waals surface area contributed by atoms with Gasteiger partial charge in [-0.2, -0.15) is 5.10 Å². The molecule has 0 aliphatic carbocycles. The quantitative estimate of drug-likeness (QED) is 0.436. The maximum absolute atomic E-state index is 11.9. The summed E-state index contributed by atoms with van der Waals surface area (Å²) in [6.45, 7) is 0. The average Bonchev–Trinajstić information content (AvgIpc) is 2.34. The Morgan fingerprint density at radius 1 is 1.30 bits per heavy atom. The maximum atomic E-state index is 11.9. The highest BCUT2D eigenvalue weighted by atomic mass is 19.4. The lowest BCUT2D eigenvalue weighted by atomic mass is 10.3. The van der Waals surface area contributed by atoms with Crippen LogP contribution < -0.4 is 10.2 Å². The van der Waals surface area contributed by atoms with Gasteiger partial charge >= 0.3 is 12.3 Å². The molecule has 3 N–H and O–H groups in total. The summed E-state index contributed by atoms with van der Waals surface area (Å²) >= 11 is 0. The van der Waals surface area contributed by atoms with Gasteiger partial charge < -0.3 is 15.1 Å². The molecule has 1 aromatic carbocycles. The predicted molar refractivity (Wildman–Crippen MR) is 62.1 cm³/mol. The Morgan fingerprint density at radius 3 is 2.35 bits per heavy atom. The zero-order valence-corrected chi connectivity index (χ0v) is 9.63. The maximum Gasteiger partial charge on any atom is 0.573 e. The van der Waals surface area contributed by atoms with Crippen LogP contribution in [0.2, 0.25) is 0 Å². The van der Waals surface area contributed by atoms with E-state index in [0.717, 1.165) is 12.1 Å². The molecule has 0 bridgehead atoms. The molecule has 108 valence electrons. The molecule has 0 saturated heterocycles. The van der Waals surface area contributed by atoms with Crippen LogP contribution >= 0.6 is 0 Å². The van der Waals surface area contributed by atoms with Crippen LogP contribution in [0.5, 0.6) is 5.75 Å². The highest BCUT2D eigenvalue weighted by molar-refractivity contribution is 6.58. The zero-order chi connectivity index (χ0) is 15.2. The van der Waals surface area contributed by atoms with E-state index in [1.807, 2.05) is 0 Å². The molecule has 0 heterocycles. The molecule has 0 radical (unpaired) electrons. The minimum absolute atomic E-state index is 0.213. The molecule has 0 spiro atoms. The van der Waals surface area contributed by atoms with Crippen molar-refractivity contribution in [2.45, 2.75) is 6.36 Å². The summed E-state index contributed by atoms with van der Waals surface area (Å²) in [6, 6.07) is 4.43. The van der Waals surface area contributed by atoms with Gasteiger partial charge in [0.05, 0.1) is 5.69 Å². The van der Waals surface area contributed by atoms with Crippen LogP contribution in [0.1, 0.15) is 0 Å². The number of aliphatic carboxylic acids is 1. The molecular weight excluding hydrogens is 283 g/mol. The highest BCUT2D eigenvalue weighted by Crippen LogP contribution is 2.23. The second-order valence-corrected chi connectivity index (χ2v) is 3.23. The molecule has 0 atom stereocenters. The van der Waals surface area contributed by atoms with Crippen molar-refractivity contribution < 1.29 is 33.0 Å². The Hall–Kier alpha value is -2.78. The summed E-state index contributed by atoms with van der Waals surface area (Å²) in [6.07, 6.45) is -4.21. The van der Waals surface area contributed by atoms with Gasteiger partial charge in [0.2, 0.25) is 0 Å². The molecule has 0 saturated carbocycles. The van der Waals surface area contributed by atoms with Crippen LogP contribution in [0.25, 0.3) is 0 Å². The van der Waals surface area contributed by atoms with Crippen LogP contribution in [0.4, 0.5) is 18.9 Å². The van der Waals surface area contributed by atoms with Crippen LogP contribution in [-0.4, -0.2) is 34.6 Å². The summed E-state index contributed by atoms with van der Waals surface area (Å²) < 4.78 is 39.4. The smallest absolute Gasteiger partial charge is 0.476 e. The summed E-state index contributed by atoms with van der Waals surface area (Å²) in [5, 5.41) is 22.7. The first-order valence-corrected chi connectivity index (χ1v) is 4.92. The van der Waals surface area contributed by atoms with Crippen molar-refractivity contribution in [1.82, 2.24) is 0 Å². The van der Waals surface area contributed by atoms with Gasteiger partial charge in [-0.3, -0.25) is 5.43 Å². The molecule has 20 heavy (non-hydrogen) atoms. The second-order valence-electron chi connectivity index (χ2n) is 3.23. The van der Waals surface area contributed by atoms with E-state index in [9.17, 15) is 18.0 Å². The molecule has 0 fully saturated rings. The number of halogens is 3. The predicted octanol–water partition coefficient (Wildman–Crippen LogP) is 1.90. The standard InChI is InChI=1S/C10H8F3N3O4/c11-10(12,13)20-7-3-1-6(2-4-7)15-16-8(5-14-19)9(17)18/h1-5,15,19H,(H,17,18)/b14-5+,16-8+. The number of carbonyl (C=O) groups is 1. The van der Waals surface area contributed by atoms with Gasteiger partial charge in [0.25, 0.3) is 0 Å². The third-order valence-electron chi connectivity index (χ3n) is 1.79. The molecule has 0 aliphatic heterocycles. The number of anilines is 1. The third kappa shape index (κ3) is 5.25. The lowest BCUT2D eigenvalue weighted by Gasteiger charge is -2.09. The number of nitrogens with zero attached hydrogens (tertiary/aromatic N) is 2. The lowest BCUT2D eigenvalue weighted by molar-refractivity contribution is -0.274. The van der Waals surface area contributed by atoms with E-state index in [1.165, 1.54) is 12.1 Å². The van der Waals surface area contributed by atoms with Crippen molar-refractivity contribution >= 4 is 23.6 Å². The summed E-state index contributed by atoms with van der Waals surface area (Å²) in [5.74, 6) is -1.88. The number of carboxylic acid groups (broad SMARTS) is 1. The Kier molecular flexibility index (Phi) is 4.89. The third-order valence-corrected chi connectivity index (χ3v) is 1.79. The first kappa shape index (κ1) is 15.3. The zero-order valence-electron chi connectivity index (χ0n) is 9.63. The van der Waals surface area contributed by atoms with Crippen molar-refractivity contribution in [1.29, 1.82) is 0 Å². The van der Waals surface area contributed by atoms with E-state index in [4.69, 9.17) is 10.3 Å². The fourth-order valence-corrected chi connectivity index (χ4v) is 1.04. The summed E-state index contributed by atoms with van der Waals surface area (Å²) in [7, 11) is 0. The van der Waals surface area contributed by atoms with Gasteiger partial charge in [0.1, 0.15) is 12.0 Å². The number of rotatable bonds is 5. The van der Waals surface area contributed by atoms with Gasteiger partial charge in [-0.25, -0.2) is 4.79 Å². The van der Waals surface area contributed by atoms with E-state index < -0.39 is 23.8 Å². The van der Waals surface area contributed by atoms with Gasteiger partial charge in [0.15, 0.2) is 5.71 Å². The molecule has 0 unspecified atom stereocenters. The largest absolute Gasteiger partial charge is 0.573 e. The number of hydrogen-bond donors (Lipinski definition) is 3. The number of oxime groups is 1. The van der Waals surface area contributed by atoms with E-state index in [2.05, 4.69) is 20.4 Å². The summed E-state index contributed by atoms with van der Waals surface area (Å²) in [5.41, 5.74) is 1.89. The highest BCUT2D eigenvalue weighted by Gasteiger charge is 2.30. The van der Waals surface area contributed by atoms with Crippen molar-refractivity contribution in [2.75, 3.05) is 5.43 Å². The van der Waals surface area contributed by atoms with E-state index in [-0.39, 0.29) is 5.69 Å². The lowest BCUT2D eigenvalue weighted by Crippen LogP contribution is -2.17. The van der Waals surface area contributed by atoms with Gasteiger partial charge in [-0.05, 0) is 24.3 Å². The Morgan fingerprint density at radius 2 is 1.90 bits per heavy atom. The number of alkyl halides is 3. The SMILES string of the molecule is O=C(O)C(/C=N/O)=N/Nc1ccc(OC(F)(F)F)cc1. The molecule has 0 amide bonds. The van der Waals surface area contributed by atoms with Gasteiger partial charge in [0, 0.05) is 0 Å². The van der Waals surface area contributed by atoms with Gasteiger partial charge in [-0.15, -0.1) is 13.2 Å². The van der Waals surface area contributed by atoms with Gasteiger partial charge in [-0.1, -0.05) is 5.16 Å². The van der Waals surface area contributed by atoms with Crippen molar-refractivity contribution in [3.63, 3.8) is 0 Å². The molecule has 1 aromatic rings. The summed E-state index contributed by atoms with van der Waals surface area (Å²) in [4.78, 5) is 10.6. The Labute approximate surface area is 110 Å². The molecule has 0 aromatic heterocycles. The fraction of sp³-hybridized carbons (Fsp3) is 0.100. The normalized spacial score (nSPS) is 12.4. The van der Waals surface area contributed by atoms with Crippen LogP contribution in [0.3, 0.4) is 0 Å². The Bertz CT molecular complexity index is 526. The van der Waals surface area contributed by atoms with E-state index >= 15 is 0 Å². The average molecular weight is 291 g/mol. The van der Waals surface area contributed by atoms with E-state index in [1.54, 1.807) is 0 Å². The Balaban J connectivity index is 2.75. The second kappa shape index (κ2) is 6.41. The van der Waals surface area contributed by atoms with E-state index in [0.29, 0.717) is 6.21 Å². The minimum atomic E-state index is -4.79.